The molecule has 6 rings (SSSR count). The van der Waals surface area contributed by atoms with Crippen LogP contribution in [-0.2, 0) is 6.54 Å². The minimum atomic E-state index is 0.665. The van der Waals surface area contributed by atoms with E-state index in [4.69, 9.17) is 10.2 Å². The van der Waals surface area contributed by atoms with Gasteiger partial charge in [-0.2, -0.15) is 5.26 Å². The predicted molar refractivity (Wildman–Crippen MR) is 124 cm³/mol. The van der Waals surface area contributed by atoms with E-state index in [9.17, 15) is 0 Å². The molecule has 1 N–H and O–H groups in total. The summed E-state index contributed by atoms with van der Waals surface area (Å²) in [4.78, 5) is 12.1. The van der Waals surface area contributed by atoms with E-state index in [1.807, 2.05) is 43.7 Å². The molecule has 158 valence electrons. The number of anilines is 1. The third-order valence-electron chi connectivity index (χ3n) is 6.40. The number of nitrogens with zero attached hydrogens (tertiary/aromatic N) is 6. The van der Waals surface area contributed by atoms with E-state index >= 15 is 0 Å². The number of benzene rings is 1. The number of imidazole rings is 1. The lowest BCUT2D eigenvalue weighted by molar-refractivity contribution is 0.394. The normalized spacial score (nSPS) is 14.7. The maximum Gasteiger partial charge on any atom is 0.161 e. The molecule has 1 fully saturated rings. The molecule has 32 heavy (non-hydrogen) atoms. The number of nitriles is 1. The third-order valence-corrected chi connectivity index (χ3v) is 6.40. The second-order valence-corrected chi connectivity index (χ2v) is 8.52. The summed E-state index contributed by atoms with van der Waals surface area (Å²) in [5, 5.41) is 12.4. The van der Waals surface area contributed by atoms with Gasteiger partial charge in [0.2, 0.25) is 0 Å². The first-order valence-corrected chi connectivity index (χ1v) is 10.9. The minimum Gasteiger partial charge on any atom is -0.356 e. The molecule has 7 heteroatoms. The monoisotopic (exact) mass is 421 g/mol. The number of hydrogen-bond acceptors (Lipinski definition) is 5. The molecule has 0 spiro atoms. The van der Waals surface area contributed by atoms with Crippen LogP contribution in [0.15, 0.2) is 61.1 Å². The van der Waals surface area contributed by atoms with Crippen LogP contribution in [-0.4, -0.2) is 45.8 Å². The van der Waals surface area contributed by atoms with Gasteiger partial charge >= 0.3 is 0 Å². The van der Waals surface area contributed by atoms with Gasteiger partial charge in [0.1, 0.15) is 5.82 Å². The van der Waals surface area contributed by atoms with E-state index in [1.165, 1.54) is 0 Å². The SMILES string of the molecule is CNCC1CN(c2ccc3c(n2)Cn2cc(-c4ccc(C#N)cc4)cc2-c2nccn2-3)C1. The second kappa shape index (κ2) is 7.36. The van der Waals surface area contributed by atoms with Gasteiger partial charge in [0.15, 0.2) is 5.82 Å². The molecule has 0 aliphatic carbocycles. The lowest BCUT2D eigenvalue weighted by atomic mass is 10.0. The quantitative estimate of drug-likeness (QED) is 0.482. The third kappa shape index (κ3) is 3.00. The summed E-state index contributed by atoms with van der Waals surface area (Å²) >= 11 is 0. The van der Waals surface area contributed by atoms with Crippen molar-refractivity contribution in [2.45, 2.75) is 6.54 Å². The molecular formula is C25H23N7. The van der Waals surface area contributed by atoms with Crippen molar-refractivity contribution in [3.05, 3.63) is 72.3 Å². The van der Waals surface area contributed by atoms with Crippen molar-refractivity contribution in [3.8, 4) is 34.4 Å². The van der Waals surface area contributed by atoms with Crippen LogP contribution in [0.3, 0.4) is 0 Å². The van der Waals surface area contributed by atoms with Crippen LogP contribution in [0.25, 0.3) is 28.3 Å². The average molecular weight is 422 g/mol. The zero-order valence-electron chi connectivity index (χ0n) is 17.9. The second-order valence-electron chi connectivity index (χ2n) is 8.52. The molecule has 7 nitrogen and oxygen atoms in total. The average Bonchev–Trinajstić information content (AvgIpc) is 3.41. The maximum atomic E-state index is 9.09. The first kappa shape index (κ1) is 18.8. The molecule has 4 aromatic rings. The Balaban J connectivity index is 1.38. The summed E-state index contributed by atoms with van der Waals surface area (Å²) < 4.78 is 4.36. The van der Waals surface area contributed by atoms with Crippen LogP contribution in [0.1, 0.15) is 11.3 Å². The Morgan fingerprint density at radius 3 is 2.75 bits per heavy atom. The number of rotatable bonds is 4. The van der Waals surface area contributed by atoms with Crippen LogP contribution < -0.4 is 10.2 Å². The highest BCUT2D eigenvalue weighted by Gasteiger charge is 2.28. The van der Waals surface area contributed by atoms with Crippen LogP contribution >= 0.6 is 0 Å². The van der Waals surface area contributed by atoms with E-state index in [0.717, 1.165) is 59.5 Å². The molecule has 0 unspecified atom stereocenters. The summed E-state index contributed by atoms with van der Waals surface area (Å²) in [6.07, 6.45) is 6.01. The fourth-order valence-corrected chi connectivity index (χ4v) is 4.74. The topological polar surface area (TPSA) is 74.7 Å². The molecule has 0 saturated carbocycles. The number of nitrogens with one attached hydrogen (secondary N) is 1. The predicted octanol–water partition coefficient (Wildman–Crippen LogP) is 3.29. The maximum absolute atomic E-state index is 9.09. The Morgan fingerprint density at radius 1 is 1.12 bits per heavy atom. The van der Waals surface area contributed by atoms with Crippen molar-refractivity contribution in [1.82, 2.24) is 24.4 Å². The highest BCUT2D eigenvalue weighted by molar-refractivity contribution is 5.72. The summed E-state index contributed by atoms with van der Waals surface area (Å²) in [5.41, 5.74) is 6.04. The molecule has 1 saturated heterocycles. The Morgan fingerprint density at radius 2 is 1.97 bits per heavy atom. The van der Waals surface area contributed by atoms with Gasteiger partial charge in [-0.15, -0.1) is 0 Å². The fraction of sp³-hybridized carbons (Fsp3) is 0.240. The van der Waals surface area contributed by atoms with Crippen molar-refractivity contribution in [3.63, 3.8) is 0 Å². The standard InChI is InChI=1S/C25H23N7/c1-27-12-18-13-31(14-18)24-7-6-22-21(29-24)16-30-15-20(19-4-2-17(11-26)3-5-19)10-23(30)25-28-8-9-32(22)25/h2-10,15,18,27H,12-14,16H2,1H3. The summed E-state index contributed by atoms with van der Waals surface area (Å²) in [6, 6.07) is 16.4. The largest absolute Gasteiger partial charge is 0.356 e. The van der Waals surface area contributed by atoms with E-state index in [2.05, 4.69) is 54.8 Å². The van der Waals surface area contributed by atoms with Crippen molar-refractivity contribution < 1.29 is 0 Å². The fourth-order valence-electron chi connectivity index (χ4n) is 4.74. The Kier molecular flexibility index (Phi) is 4.33. The van der Waals surface area contributed by atoms with E-state index in [1.54, 1.807) is 0 Å². The first-order chi connectivity index (χ1) is 15.7. The number of pyridine rings is 1. The smallest absolute Gasteiger partial charge is 0.161 e. The Bertz CT molecular complexity index is 1330. The van der Waals surface area contributed by atoms with Crippen LogP contribution in [0.2, 0.25) is 0 Å². The van der Waals surface area contributed by atoms with E-state index in [0.29, 0.717) is 18.0 Å². The van der Waals surface area contributed by atoms with Gasteiger partial charge in [0.25, 0.3) is 0 Å². The van der Waals surface area contributed by atoms with Gasteiger partial charge in [-0.1, -0.05) is 12.1 Å². The van der Waals surface area contributed by atoms with Crippen molar-refractivity contribution in [2.24, 2.45) is 5.92 Å². The Hall–Kier alpha value is -3.89. The molecule has 0 bridgehead atoms. The Labute approximate surface area is 186 Å². The minimum absolute atomic E-state index is 0.665. The number of aromatic nitrogens is 4. The number of hydrogen-bond donors (Lipinski definition) is 1. The van der Waals surface area contributed by atoms with E-state index in [-0.39, 0.29) is 0 Å². The van der Waals surface area contributed by atoms with Gasteiger partial charge in [-0.25, -0.2) is 9.97 Å². The zero-order valence-corrected chi connectivity index (χ0v) is 17.9. The molecule has 0 atom stereocenters. The zero-order chi connectivity index (χ0) is 21.7. The molecule has 2 aliphatic heterocycles. The van der Waals surface area contributed by atoms with Crippen LogP contribution in [0, 0.1) is 17.2 Å². The first-order valence-electron chi connectivity index (χ1n) is 10.9. The summed E-state index contributed by atoms with van der Waals surface area (Å²) in [7, 11) is 2.01. The number of fused-ring (bicyclic) bond motifs is 5. The molecule has 3 aromatic heterocycles. The molecule has 0 amide bonds. The molecular weight excluding hydrogens is 398 g/mol. The van der Waals surface area contributed by atoms with Crippen molar-refractivity contribution in [2.75, 3.05) is 31.6 Å². The van der Waals surface area contributed by atoms with Gasteiger partial charge in [-0.3, -0.25) is 4.57 Å². The van der Waals surface area contributed by atoms with Crippen molar-refractivity contribution in [1.29, 1.82) is 5.26 Å². The molecule has 0 radical (unpaired) electrons. The lowest BCUT2D eigenvalue weighted by Gasteiger charge is -2.40. The van der Waals surface area contributed by atoms with Gasteiger partial charge in [-0.05, 0) is 42.9 Å². The van der Waals surface area contributed by atoms with Crippen molar-refractivity contribution >= 4 is 5.82 Å². The van der Waals surface area contributed by atoms with Gasteiger partial charge in [0.05, 0.1) is 35.3 Å². The molecule has 2 aliphatic rings. The van der Waals surface area contributed by atoms with Gasteiger partial charge in [0, 0.05) is 49.7 Å². The highest BCUT2D eigenvalue weighted by atomic mass is 15.3. The van der Waals surface area contributed by atoms with Crippen LogP contribution in [0.4, 0.5) is 5.82 Å². The highest BCUT2D eigenvalue weighted by Crippen LogP contribution is 2.34. The summed E-state index contributed by atoms with van der Waals surface area (Å²) in [5.74, 6) is 2.64. The van der Waals surface area contributed by atoms with Crippen LogP contribution in [0.5, 0.6) is 0 Å². The molecule has 5 heterocycles. The van der Waals surface area contributed by atoms with E-state index < -0.39 is 0 Å². The van der Waals surface area contributed by atoms with Gasteiger partial charge < -0.3 is 14.8 Å². The molecule has 1 aromatic carbocycles. The summed E-state index contributed by atoms with van der Waals surface area (Å²) in [6.45, 7) is 3.82. The lowest BCUT2D eigenvalue weighted by Crippen LogP contribution is -2.50.